The molecule has 0 heterocycles. The molecule has 0 aliphatic rings. The Hall–Kier alpha value is -1.96. The van der Waals surface area contributed by atoms with Gasteiger partial charge in [0.05, 0.1) is 0 Å². The third kappa shape index (κ3) is 2.73. The minimum Gasteiger partial charge on any atom is -0.300 e. The lowest BCUT2D eigenvalue weighted by Crippen LogP contribution is -2.24. The molecular formula is C17H18O2. The lowest BCUT2D eigenvalue weighted by molar-refractivity contribution is -0.121. The summed E-state index contributed by atoms with van der Waals surface area (Å²) in [5.41, 5.74) is 0.680. The Kier molecular flexibility index (Phi) is 3.79. The Morgan fingerprint density at radius 3 is 2.16 bits per heavy atom. The molecule has 0 aromatic heterocycles. The number of carbonyl (C=O) groups excluding carboxylic acids is 2. The van der Waals surface area contributed by atoms with Gasteiger partial charge in [-0.25, -0.2) is 0 Å². The summed E-state index contributed by atoms with van der Waals surface area (Å²) < 4.78 is 0. The summed E-state index contributed by atoms with van der Waals surface area (Å²) in [5, 5.41) is 2.17. The van der Waals surface area contributed by atoms with Gasteiger partial charge in [0.15, 0.2) is 5.78 Å². The first-order valence-electron chi connectivity index (χ1n) is 6.54. The lowest BCUT2D eigenvalue weighted by atomic mass is 9.86. The molecule has 2 atom stereocenters. The molecule has 0 saturated heterocycles. The minimum absolute atomic E-state index is 0.0356. The van der Waals surface area contributed by atoms with E-state index in [1.165, 1.54) is 6.92 Å². The highest BCUT2D eigenvalue weighted by molar-refractivity contribution is 6.02. The number of benzene rings is 2. The third-order valence-electron chi connectivity index (χ3n) is 3.84. The standard InChI is InChI=1S/C17H18O2/c1-11(13(3)18)12(2)17(19)16-9-8-14-6-4-5-7-15(14)10-16/h4-12H,1-3H3. The van der Waals surface area contributed by atoms with Crippen LogP contribution in [0.1, 0.15) is 31.1 Å². The second-order valence-corrected chi connectivity index (χ2v) is 5.11. The quantitative estimate of drug-likeness (QED) is 0.776. The molecule has 0 bridgehead atoms. The smallest absolute Gasteiger partial charge is 0.166 e. The molecular weight excluding hydrogens is 236 g/mol. The minimum atomic E-state index is -0.279. The van der Waals surface area contributed by atoms with E-state index >= 15 is 0 Å². The van der Waals surface area contributed by atoms with Gasteiger partial charge in [-0.3, -0.25) is 9.59 Å². The summed E-state index contributed by atoms with van der Waals surface area (Å²) in [5.74, 6) is -0.423. The number of Topliss-reactive ketones (excluding diaryl/α,β-unsaturated/α-hetero) is 2. The number of ketones is 2. The van der Waals surface area contributed by atoms with Crippen molar-refractivity contribution in [3.63, 3.8) is 0 Å². The van der Waals surface area contributed by atoms with E-state index in [0.717, 1.165) is 10.8 Å². The van der Waals surface area contributed by atoms with Gasteiger partial charge in [-0.1, -0.05) is 50.2 Å². The van der Waals surface area contributed by atoms with Crippen molar-refractivity contribution in [2.45, 2.75) is 20.8 Å². The number of fused-ring (bicyclic) bond motifs is 1. The van der Waals surface area contributed by atoms with E-state index in [1.807, 2.05) is 56.3 Å². The summed E-state index contributed by atoms with van der Waals surface area (Å²) in [7, 11) is 0. The fourth-order valence-corrected chi connectivity index (χ4v) is 2.18. The monoisotopic (exact) mass is 254 g/mol. The van der Waals surface area contributed by atoms with Crippen LogP contribution in [0, 0.1) is 11.8 Å². The van der Waals surface area contributed by atoms with Crippen LogP contribution in [0.15, 0.2) is 42.5 Å². The Morgan fingerprint density at radius 1 is 0.895 bits per heavy atom. The van der Waals surface area contributed by atoms with Crippen LogP contribution < -0.4 is 0 Å². The molecule has 2 aromatic rings. The molecule has 2 rings (SSSR count). The van der Waals surface area contributed by atoms with Crippen molar-refractivity contribution in [1.82, 2.24) is 0 Å². The van der Waals surface area contributed by atoms with Gasteiger partial charge in [0.2, 0.25) is 0 Å². The van der Waals surface area contributed by atoms with Crippen LogP contribution in [0.4, 0.5) is 0 Å². The molecule has 2 aromatic carbocycles. The lowest BCUT2D eigenvalue weighted by Gasteiger charge is -2.16. The number of carbonyl (C=O) groups is 2. The van der Waals surface area contributed by atoms with Gasteiger partial charge in [-0.05, 0) is 23.8 Å². The summed E-state index contributed by atoms with van der Waals surface area (Å²) in [4.78, 5) is 23.8. The molecule has 2 heteroatoms. The average Bonchev–Trinajstić information content (AvgIpc) is 2.44. The maximum absolute atomic E-state index is 12.4. The zero-order chi connectivity index (χ0) is 14.0. The first kappa shape index (κ1) is 13.5. The summed E-state index contributed by atoms with van der Waals surface area (Å²) >= 11 is 0. The molecule has 19 heavy (non-hydrogen) atoms. The van der Waals surface area contributed by atoms with Crippen LogP contribution in [-0.4, -0.2) is 11.6 Å². The fourth-order valence-electron chi connectivity index (χ4n) is 2.18. The zero-order valence-electron chi connectivity index (χ0n) is 11.5. The number of rotatable bonds is 4. The van der Waals surface area contributed by atoms with Crippen molar-refractivity contribution in [3.05, 3.63) is 48.0 Å². The Labute approximate surface area is 113 Å². The van der Waals surface area contributed by atoms with E-state index in [-0.39, 0.29) is 23.4 Å². The first-order chi connectivity index (χ1) is 9.00. The maximum Gasteiger partial charge on any atom is 0.166 e. The van der Waals surface area contributed by atoms with Crippen molar-refractivity contribution in [2.24, 2.45) is 11.8 Å². The molecule has 0 fully saturated rings. The van der Waals surface area contributed by atoms with E-state index in [9.17, 15) is 9.59 Å². The Morgan fingerprint density at radius 2 is 1.53 bits per heavy atom. The summed E-state index contributed by atoms with van der Waals surface area (Å²) in [6.45, 7) is 5.17. The highest BCUT2D eigenvalue weighted by Gasteiger charge is 2.24. The Balaban J connectivity index is 2.33. The highest BCUT2D eigenvalue weighted by Crippen LogP contribution is 2.21. The van der Waals surface area contributed by atoms with Crippen molar-refractivity contribution >= 4 is 22.3 Å². The van der Waals surface area contributed by atoms with E-state index in [2.05, 4.69) is 0 Å². The SMILES string of the molecule is CC(=O)C(C)C(C)C(=O)c1ccc2ccccc2c1. The predicted octanol–water partition coefficient (Wildman–Crippen LogP) is 3.88. The second kappa shape index (κ2) is 5.35. The van der Waals surface area contributed by atoms with E-state index in [4.69, 9.17) is 0 Å². The fraction of sp³-hybridized carbons (Fsp3) is 0.294. The molecule has 0 saturated carbocycles. The topological polar surface area (TPSA) is 34.1 Å². The van der Waals surface area contributed by atoms with Gasteiger partial charge in [0.25, 0.3) is 0 Å². The van der Waals surface area contributed by atoms with Crippen molar-refractivity contribution in [1.29, 1.82) is 0 Å². The van der Waals surface area contributed by atoms with Crippen molar-refractivity contribution < 1.29 is 9.59 Å². The van der Waals surface area contributed by atoms with Crippen molar-refractivity contribution in [3.8, 4) is 0 Å². The van der Waals surface area contributed by atoms with Gasteiger partial charge in [-0.2, -0.15) is 0 Å². The molecule has 0 aliphatic heterocycles. The molecule has 98 valence electrons. The second-order valence-electron chi connectivity index (χ2n) is 5.11. The van der Waals surface area contributed by atoms with Crippen LogP contribution in [0.2, 0.25) is 0 Å². The Bertz CT molecular complexity index is 628. The average molecular weight is 254 g/mol. The summed E-state index contributed by atoms with van der Waals surface area (Å²) in [6, 6.07) is 13.6. The van der Waals surface area contributed by atoms with Crippen LogP contribution in [0.5, 0.6) is 0 Å². The molecule has 0 amide bonds. The largest absolute Gasteiger partial charge is 0.300 e. The van der Waals surface area contributed by atoms with Crippen LogP contribution >= 0.6 is 0 Å². The van der Waals surface area contributed by atoms with Crippen LogP contribution in [0.3, 0.4) is 0 Å². The number of hydrogen-bond acceptors (Lipinski definition) is 2. The van der Waals surface area contributed by atoms with Gasteiger partial charge < -0.3 is 0 Å². The van der Waals surface area contributed by atoms with Crippen LogP contribution in [-0.2, 0) is 4.79 Å². The van der Waals surface area contributed by atoms with Gasteiger partial charge >= 0.3 is 0 Å². The van der Waals surface area contributed by atoms with E-state index < -0.39 is 0 Å². The molecule has 2 nitrogen and oxygen atoms in total. The maximum atomic E-state index is 12.4. The molecule has 0 N–H and O–H groups in total. The van der Waals surface area contributed by atoms with Gasteiger partial charge in [0, 0.05) is 17.4 Å². The van der Waals surface area contributed by atoms with Gasteiger partial charge in [-0.15, -0.1) is 0 Å². The van der Waals surface area contributed by atoms with E-state index in [1.54, 1.807) is 0 Å². The molecule has 0 aliphatic carbocycles. The summed E-state index contributed by atoms with van der Waals surface area (Å²) in [6.07, 6.45) is 0. The van der Waals surface area contributed by atoms with Crippen molar-refractivity contribution in [2.75, 3.05) is 0 Å². The highest BCUT2D eigenvalue weighted by atomic mass is 16.1. The molecule has 0 spiro atoms. The molecule has 2 unspecified atom stereocenters. The predicted molar refractivity (Wildman–Crippen MR) is 77.3 cm³/mol. The first-order valence-corrected chi connectivity index (χ1v) is 6.54. The zero-order valence-corrected chi connectivity index (χ0v) is 11.5. The van der Waals surface area contributed by atoms with Crippen LogP contribution in [0.25, 0.3) is 10.8 Å². The van der Waals surface area contributed by atoms with Gasteiger partial charge in [0.1, 0.15) is 5.78 Å². The number of hydrogen-bond donors (Lipinski definition) is 0. The molecule has 0 radical (unpaired) electrons. The third-order valence-corrected chi connectivity index (χ3v) is 3.84. The van der Waals surface area contributed by atoms with E-state index in [0.29, 0.717) is 5.56 Å². The normalized spacial score (nSPS) is 14.1.